The summed E-state index contributed by atoms with van der Waals surface area (Å²) in [5.74, 6) is -2.05. The van der Waals surface area contributed by atoms with Crippen LogP contribution < -0.4 is 4.90 Å². The number of amides is 1. The molecule has 0 aromatic heterocycles. The topological polar surface area (TPSA) is 101 Å². The zero-order chi connectivity index (χ0) is 23.0. The number of benzene rings is 3. The van der Waals surface area contributed by atoms with E-state index < -0.39 is 28.4 Å². The lowest BCUT2D eigenvalue weighted by molar-refractivity contribution is -0.384. The molecule has 1 amide bonds. The summed E-state index contributed by atoms with van der Waals surface area (Å²) in [5, 5.41) is 22.3. The average molecular weight is 428 g/mol. The van der Waals surface area contributed by atoms with Gasteiger partial charge in [0.25, 0.3) is 17.4 Å². The standard InChI is InChI=1S/C25H20N2O5/c1-15-8-3-5-12-19(15)22-21(23(28)17-10-7-11-18(14-17)27(31)32)24(29)25(30)26(22)20-13-6-4-9-16(20)2/h3-14,22,28H,1-2H3/b23-21+. The van der Waals surface area contributed by atoms with Gasteiger partial charge in [-0.05, 0) is 36.6 Å². The highest BCUT2D eigenvalue weighted by molar-refractivity contribution is 6.51. The first-order valence-corrected chi connectivity index (χ1v) is 9.98. The molecule has 32 heavy (non-hydrogen) atoms. The maximum absolute atomic E-state index is 13.2. The first kappa shape index (κ1) is 21.0. The number of para-hydroxylation sites is 1. The van der Waals surface area contributed by atoms with Crippen LogP contribution in [0.3, 0.4) is 0 Å². The summed E-state index contributed by atoms with van der Waals surface area (Å²) in [6.07, 6.45) is 0. The highest BCUT2D eigenvalue weighted by atomic mass is 16.6. The SMILES string of the molecule is Cc1ccccc1C1/C(=C(\O)c2cccc([N+](=O)[O-])c2)C(=O)C(=O)N1c1ccccc1C. The van der Waals surface area contributed by atoms with Crippen molar-refractivity contribution in [2.75, 3.05) is 4.90 Å². The van der Waals surface area contributed by atoms with Crippen LogP contribution in [-0.2, 0) is 9.59 Å². The van der Waals surface area contributed by atoms with Crippen molar-refractivity contribution in [1.29, 1.82) is 0 Å². The van der Waals surface area contributed by atoms with Crippen LogP contribution in [0.15, 0.2) is 78.4 Å². The number of non-ortho nitro benzene ring substituents is 1. The summed E-state index contributed by atoms with van der Waals surface area (Å²) in [7, 11) is 0. The minimum atomic E-state index is -0.878. The number of carbonyl (C=O) groups is 2. The summed E-state index contributed by atoms with van der Waals surface area (Å²) < 4.78 is 0. The van der Waals surface area contributed by atoms with E-state index in [1.165, 1.54) is 29.2 Å². The molecular weight excluding hydrogens is 408 g/mol. The fourth-order valence-electron chi connectivity index (χ4n) is 4.02. The Morgan fingerprint density at radius 3 is 2.25 bits per heavy atom. The van der Waals surface area contributed by atoms with Gasteiger partial charge < -0.3 is 5.11 Å². The first-order chi connectivity index (χ1) is 15.3. The van der Waals surface area contributed by atoms with E-state index in [9.17, 15) is 24.8 Å². The third-order valence-corrected chi connectivity index (χ3v) is 5.63. The Morgan fingerprint density at radius 2 is 1.59 bits per heavy atom. The van der Waals surface area contributed by atoms with E-state index in [2.05, 4.69) is 0 Å². The number of anilines is 1. The molecule has 1 saturated heterocycles. The largest absolute Gasteiger partial charge is 0.507 e. The Bertz CT molecular complexity index is 1290. The number of rotatable bonds is 4. The van der Waals surface area contributed by atoms with Gasteiger partial charge in [-0.3, -0.25) is 24.6 Å². The zero-order valence-corrected chi connectivity index (χ0v) is 17.5. The number of nitrogens with zero attached hydrogens (tertiary/aromatic N) is 2. The molecule has 7 heteroatoms. The van der Waals surface area contributed by atoms with Crippen molar-refractivity contribution in [3.63, 3.8) is 0 Å². The van der Waals surface area contributed by atoms with Crippen molar-refractivity contribution in [2.24, 2.45) is 0 Å². The molecule has 1 atom stereocenters. The minimum absolute atomic E-state index is 0.0977. The smallest absolute Gasteiger partial charge is 0.300 e. The Labute approximate surface area is 184 Å². The van der Waals surface area contributed by atoms with E-state index in [1.807, 2.05) is 38.1 Å². The molecule has 1 unspecified atom stereocenters. The summed E-state index contributed by atoms with van der Waals surface area (Å²) in [6, 6.07) is 19.0. The monoisotopic (exact) mass is 428 g/mol. The lowest BCUT2D eigenvalue weighted by Crippen LogP contribution is -2.30. The number of aliphatic hydroxyl groups excluding tert-OH is 1. The predicted molar refractivity (Wildman–Crippen MR) is 120 cm³/mol. The van der Waals surface area contributed by atoms with Crippen LogP contribution in [0.1, 0.15) is 28.3 Å². The van der Waals surface area contributed by atoms with Crippen LogP contribution in [0.25, 0.3) is 5.76 Å². The number of nitro groups is 1. The van der Waals surface area contributed by atoms with Crippen LogP contribution in [0.2, 0.25) is 0 Å². The molecule has 1 N–H and O–H groups in total. The second kappa shape index (κ2) is 8.11. The fourth-order valence-corrected chi connectivity index (χ4v) is 4.02. The molecule has 7 nitrogen and oxygen atoms in total. The number of ketones is 1. The zero-order valence-electron chi connectivity index (χ0n) is 17.5. The number of nitro benzene ring substituents is 1. The van der Waals surface area contributed by atoms with Gasteiger partial charge in [0.05, 0.1) is 16.5 Å². The van der Waals surface area contributed by atoms with Crippen LogP contribution in [-0.4, -0.2) is 21.7 Å². The Morgan fingerprint density at radius 1 is 0.938 bits per heavy atom. The molecular formula is C25H20N2O5. The predicted octanol–water partition coefficient (Wildman–Crippen LogP) is 4.84. The molecule has 3 aromatic carbocycles. The molecule has 1 fully saturated rings. The fraction of sp³-hybridized carbons (Fsp3) is 0.120. The number of hydrogen-bond acceptors (Lipinski definition) is 5. The average Bonchev–Trinajstić information content (AvgIpc) is 3.04. The molecule has 0 saturated carbocycles. The number of carbonyl (C=O) groups excluding carboxylic acids is 2. The minimum Gasteiger partial charge on any atom is -0.507 e. The molecule has 160 valence electrons. The lowest BCUT2D eigenvalue weighted by Gasteiger charge is -2.27. The molecule has 4 rings (SSSR count). The van der Waals surface area contributed by atoms with Crippen LogP contribution in [0.5, 0.6) is 0 Å². The van der Waals surface area contributed by atoms with Gasteiger partial charge >= 0.3 is 0 Å². The quantitative estimate of drug-likeness (QED) is 0.211. The van der Waals surface area contributed by atoms with Gasteiger partial charge in [0.15, 0.2) is 0 Å². The van der Waals surface area contributed by atoms with Gasteiger partial charge in [-0.15, -0.1) is 0 Å². The van der Waals surface area contributed by atoms with Gasteiger partial charge in [-0.25, -0.2) is 0 Å². The second-order valence-electron chi connectivity index (χ2n) is 7.62. The second-order valence-corrected chi connectivity index (χ2v) is 7.62. The highest BCUT2D eigenvalue weighted by Gasteiger charge is 2.47. The molecule has 0 bridgehead atoms. The van der Waals surface area contributed by atoms with E-state index in [1.54, 1.807) is 24.3 Å². The Hall–Kier alpha value is -4.26. The number of aryl methyl sites for hydroxylation is 2. The third kappa shape index (κ3) is 3.43. The summed E-state index contributed by atoms with van der Waals surface area (Å²) in [4.78, 5) is 38.4. The Kier molecular flexibility index (Phi) is 5.32. The Balaban J connectivity index is 2.00. The van der Waals surface area contributed by atoms with E-state index >= 15 is 0 Å². The molecule has 0 spiro atoms. The van der Waals surface area contributed by atoms with Crippen LogP contribution >= 0.6 is 0 Å². The van der Waals surface area contributed by atoms with Crippen LogP contribution in [0, 0.1) is 24.0 Å². The molecule has 1 aliphatic rings. The van der Waals surface area contributed by atoms with Crippen molar-refractivity contribution < 1.29 is 19.6 Å². The third-order valence-electron chi connectivity index (χ3n) is 5.63. The van der Waals surface area contributed by atoms with Gasteiger partial charge in [0, 0.05) is 23.4 Å². The van der Waals surface area contributed by atoms with Gasteiger partial charge in [-0.1, -0.05) is 54.6 Å². The van der Waals surface area contributed by atoms with Crippen LogP contribution in [0.4, 0.5) is 11.4 Å². The lowest BCUT2D eigenvalue weighted by atomic mass is 9.92. The summed E-state index contributed by atoms with van der Waals surface area (Å²) in [5.41, 5.74) is 2.64. The summed E-state index contributed by atoms with van der Waals surface area (Å²) >= 11 is 0. The normalized spacial score (nSPS) is 17.6. The van der Waals surface area contributed by atoms with Crippen molar-refractivity contribution in [3.8, 4) is 0 Å². The summed E-state index contributed by atoms with van der Waals surface area (Å²) in [6.45, 7) is 3.70. The van der Waals surface area contributed by atoms with E-state index in [0.717, 1.165) is 11.1 Å². The van der Waals surface area contributed by atoms with Crippen molar-refractivity contribution in [1.82, 2.24) is 0 Å². The molecule has 1 aliphatic heterocycles. The van der Waals surface area contributed by atoms with E-state index in [-0.39, 0.29) is 16.8 Å². The van der Waals surface area contributed by atoms with Gasteiger partial charge in [0.1, 0.15) is 5.76 Å². The molecule has 1 heterocycles. The molecule has 3 aromatic rings. The van der Waals surface area contributed by atoms with Gasteiger partial charge in [0.2, 0.25) is 0 Å². The maximum Gasteiger partial charge on any atom is 0.300 e. The van der Waals surface area contributed by atoms with E-state index in [4.69, 9.17) is 0 Å². The first-order valence-electron chi connectivity index (χ1n) is 9.98. The molecule has 0 aliphatic carbocycles. The van der Waals surface area contributed by atoms with E-state index in [0.29, 0.717) is 11.3 Å². The number of aliphatic hydroxyl groups is 1. The highest BCUT2D eigenvalue weighted by Crippen LogP contribution is 2.44. The maximum atomic E-state index is 13.2. The van der Waals surface area contributed by atoms with Crippen molar-refractivity contribution in [2.45, 2.75) is 19.9 Å². The number of hydrogen-bond donors (Lipinski definition) is 1. The van der Waals surface area contributed by atoms with Crippen molar-refractivity contribution in [3.05, 3.63) is 111 Å². The van der Waals surface area contributed by atoms with Crippen molar-refractivity contribution >= 4 is 28.8 Å². The van der Waals surface area contributed by atoms with Gasteiger partial charge in [-0.2, -0.15) is 0 Å². The number of Topliss-reactive ketones (excluding diaryl/α,β-unsaturated/α-hetero) is 1. The molecule has 0 radical (unpaired) electrons.